The number of nitrogens with zero attached hydrogens (tertiary/aromatic N) is 5. The average Bonchev–Trinajstić information content (AvgIpc) is 3.17. The number of nitro groups is 1. The first-order valence-corrected chi connectivity index (χ1v) is 11.0. The van der Waals surface area contributed by atoms with Crippen LogP contribution >= 0.6 is 11.8 Å². The van der Waals surface area contributed by atoms with Gasteiger partial charge in [-0.2, -0.15) is 11.8 Å². The number of amides is 1. The number of para-hydroxylation sites is 1. The molecule has 0 unspecified atom stereocenters. The Labute approximate surface area is 183 Å². The van der Waals surface area contributed by atoms with Crippen LogP contribution in [0.4, 0.5) is 11.4 Å². The van der Waals surface area contributed by atoms with E-state index in [4.69, 9.17) is 0 Å². The summed E-state index contributed by atoms with van der Waals surface area (Å²) in [6.07, 6.45) is 0. The Morgan fingerprint density at radius 2 is 1.97 bits per heavy atom. The number of nitro benzene ring substituents is 1. The van der Waals surface area contributed by atoms with Crippen LogP contribution in [0, 0.1) is 17.0 Å². The molecule has 0 aliphatic carbocycles. The molecule has 1 aromatic heterocycles. The first-order chi connectivity index (χ1) is 15.0. The van der Waals surface area contributed by atoms with Crippen molar-refractivity contribution in [3.8, 4) is 5.69 Å². The summed E-state index contributed by atoms with van der Waals surface area (Å²) in [5.74, 6) is 1.87. The summed E-state index contributed by atoms with van der Waals surface area (Å²) in [6.45, 7) is 4.55. The van der Waals surface area contributed by atoms with Gasteiger partial charge in [-0.1, -0.05) is 29.5 Å². The van der Waals surface area contributed by atoms with Gasteiger partial charge >= 0.3 is 0 Å². The van der Waals surface area contributed by atoms with Gasteiger partial charge < -0.3 is 5.32 Å². The van der Waals surface area contributed by atoms with E-state index < -0.39 is 4.92 Å². The number of carbonyl (C=O) groups is 1. The van der Waals surface area contributed by atoms with E-state index in [0.29, 0.717) is 11.4 Å². The van der Waals surface area contributed by atoms with E-state index in [-0.39, 0.29) is 17.3 Å². The standard InChI is InChI=1S/C21H22N6O3S/c1-15-20(23-24-26(15)17-6-4-7-18(13-17)27(29)30)21(28)22-19-8-3-2-5-16(19)14-25-9-11-31-12-10-25/h2-8,13H,9-12,14H2,1H3,(H,22,28). The summed E-state index contributed by atoms with van der Waals surface area (Å²) in [5, 5.41) is 22.1. The Bertz CT molecular complexity index is 1110. The fourth-order valence-electron chi connectivity index (χ4n) is 3.48. The number of thioether (sulfide) groups is 1. The number of carbonyl (C=O) groups excluding carboxylic acids is 1. The number of benzene rings is 2. The number of anilines is 1. The van der Waals surface area contributed by atoms with Gasteiger partial charge in [-0.3, -0.25) is 19.8 Å². The second-order valence-corrected chi connectivity index (χ2v) is 8.44. The number of rotatable bonds is 6. The lowest BCUT2D eigenvalue weighted by molar-refractivity contribution is -0.384. The van der Waals surface area contributed by atoms with Crippen molar-refractivity contribution in [1.82, 2.24) is 19.9 Å². The summed E-state index contributed by atoms with van der Waals surface area (Å²) < 4.78 is 1.43. The molecule has 2 aromatic carbocycles. The Morgan fingerprint density at radius 3 is 2.74 bits per heavy atom. The summed E-state index contributed by atoms with van der Waals surface area (Å²) in [6, 6.07) is 13.8. The molecule has 1 aliphatic heterocycles. The highest BCUT2D eigenvalue weighted by Crippen LogP contribution is 2.22. The lowest BCUT2D eigenvalue weighted by Crippen LogP contribution is -2.32. The highest BCUT2D eigenvalue weighted by atomic mass is 32.2. The Hall–Kier alpha value is -3.24. The van der Waals surface area contributed by atoms with Crippen LogP contribution in [0.15, 0.2) is 48.5 Å². The van der Waals surface area contributed by atoms with Crippen LogP contribution in [-0.4, -0.2) is 55.3 Å². The SMILES string of the molecule is Cc1c(C(=O)Nc2ccccc2CN2CCSCC2)nnn1-c1cccc([N+](=O)[O-])c1. The molecule has 9 nitrogen and oxygen atoms in total. The molecule has 1 N–H and O–H groups in total. The molecule has 4 rings (SSSR count). The topological polar surface area (TPSA) is 106 Å². The van der Waals surface area contributed by atoms with Crippen molar-refractivity contribution in [1.29, 1.82) is 0 Å². The van der Waals surface area contributed by atoms with Crippen LogP contribution in [0.2, 0.25) is 0 Å². The molecule has 0 atom stereocenters. The van der Waals surface area contributed by atoms with Crippen molar-refractivity contribution in [3.05, 3.63) is 75.6 Å². The van der Waals surface area contributed by atoms with Gasteiger partial charge in [0.15, 0.2) is 5.69 Å². The van der Waals surface area contributed by atoms with E-state index in [9.17, 15) is 14.9 Å². The van der Waals surface area contributed by atoms with E-state index in [1.54, 1.807) is 19.1 Å². The molecule has 1 aliphatic rings. The first kappa shape index (κ1) is 21.0. The molecule has 10 heteroatoms. The Morgan fingerprint density at radius 1 is 1.19 bits per heavy atom. The van der Waals surface area contributed by atoms with E-state index in [1.807, 2.05) is 36.0 Å². The van der Waals surface area contributed by atoms with Crippen LogP contribution < -0.4 is 5.32 Å². The molecule has 1 amide bonds. The highest BCUT2D eigenvalue weighted by molar-refractivity contribution is 7.99. The van der Waals surface area contributed by atoms with E-state index >= 15 is 0 Å². The molecule has 0 bridgehead atoms. The summed E-state index contributed by atoms with van der Waals surface area (Å²) in [7, 11) is 0. The van der Waals surface area contributed by atoms with Crippen molar-refractivity contribution in [2.24, 2.45) is 0 Å². The van der Waals surface area contributed by atoms with Crippen LogP contribution in [0.25, 0.3) is 5.69 Å². The van der Waals surface area contributed by atoms with Crippen LogP contribution in [0.5, 0.6) is 0 Å². The second kappa shape index (κ2) is 9.27. The summed E-state index contributed by atoms with van der Waals surface area (Å²) >= 11 is 1.96. The quantitative estimate of drug-likeness (QED) is 0.465. The fourth-order valence-corrected chi connectivity index (χ4v) is 4.46. The van der Waals surface area contributed by atoms with Gasteiger partial charge in [0, 0.05) is 49.0 Å². The maximum atomic E-state index is 12.9. The number of aromatic nitrogens is 3. The Kier molecular flexibility index (Phi) is 6.28. The molecule has 3 aromatic rings. The highest BCUT2D eigenvalue weighted by Gasteiger charge is 2.20. The third kappa shape index (κ3) is 4.75. The molecule has 1 saturated heterocycles. The summed E-state index contributed by atoms with van der Waals surface area (Å²) in [4.78, 5) is 25.9. The van der Waals surface area contributed by atoms with Gasteiger partial charge in [0.1, 0.15) is 0 Å². The predicted octanol–water partition coefficient (Wildman–Crippen LogP) is 3.29. The van der Waals surface area contributed by atoms with Crippen molar-refractivity contribution < 1.29 is 9.72 Å². The van der Waals surface area contributed by atoms with Crippen molar-refractivity contribution in [2.75, 3.05) is 29.9 Å². The third-order valence-electron chi connectivity index (χ3n) is 5.16. The van der Waals surface area contributed by atoms with Gasteiger partial charge in [0.05, 0.1) is 16.3 Å². The monoisotopic (exact) mass is 438 g/mol. The molecule has 0 spiro atoms. The van der Waals surface area contributed by atoms with Crippen LogP contribution in [0.1, 0.15) is 21.7 Å². The first-order valence-electron chi connectivity index (χ1n) is 9.89. The smallest absolute Gasteiger partial charge is 0.278 e. The van der Waals surface area contributed by atoms with E-state index in [1.165, 1.54) is 16.8 Å². The largest absolute Gasteiger partial charge is 0.320 e. The van der Waals surface area contributed by atoms with Crippen LogP contribution in [0.3, 0.4) is 0 Å². The van der Waals surface area contributed by atoms with Crippen molar-refractivity contribution in [3.63, 3.8) is 0 Å². The molecule has 160 valence electrons. The zero-order valence-electron chi connectivity index (χ0n) is 17.0. The van der Waals surface area contributed by atoms with Crippen LogP contribution in [-0.2, 0) is 6.54 Å². The zero-order valence-corrected chi connectivity index (χ0v) is 17.8. The molecular formula is C21H22N6O3S. The number of nitrogens with one attached hydrogen (secondary N) is 1. The molecule has 2 heterocycles. The minimum atomic E-state index is -0.471. The molecule has 1 fully saturated rings. The maximum Gasteiger partial charge on any atom is 0.278 e. The number of hydrogen-bond acceptors (Lipinski definition) is 7. The lowest BCUT2D eigenvalue weighted by Gasteiger charge is -2.27. The number of non-ortho nitro benzene ring substituents is 1. The van der Waals surface area contributed by atoms with Gasteiger partial charge in [-0.05, 0) is 24.6 Å². The molecule has 0 radical (unpaired) electrons. The molecule has 0 saturated carbocycles. The zero-order chi connectivity index (χ0) is 21.8. The van der Waals surface area contributed by atoms with Gasteiger partial charge in [0.2, 0.25) is 0 Å². The fraction of sp³-hybridized carbons (Fsp3) is 0.286. The van der Waals surface area contributed by atoms with E-state index in [0.717, 1.165) is 42.4 Å². The molecular weight excluding hydrogens is 416 g/mol. The molecule has 31 heavy (non-hydrogen) atoms. The van der Waals surface area contributed by atoms with Gasteiger partial charge in [-0.25, -0.2) is 4.68 Å². The van der Waals surface area contributed by atoms with Crippen molar-refractivity contribution in [2.45, 2.75) is 13.5 Å². The maximum absolute atomic E-state index is 12.9. The van der Waals surface area contributed by atoms with Gasteiger partial charge in [0.25, 0.3) is 11.6 Å². The number of hydrogen-bond donors (Lipinski definition) is 1. The Balaban J connectivity index is 1.54. The third-order valence-corrected chi connectivity index (χ3v) is 6.10. The minimum absolute atomic E-state index is 0.0524. The predicted molar refractivity (Wildman–Crippen MR) is 120 cm³/mol. The minimum Gasteiger partial charge on any atom is -0.320 e. The lowest BCUT2D eigenvalue weighted by atomic mass is 10.1. The van der Waals surface area contributed by atoms with Crippen molar-refractivity contribution >= 4 is 29.0 Å². The second-order valence-electron chi connectivity index (χ2n) is 7.21. The van der Waals surface area contributed by atoms with Gasteiger partial charge in [-0.15, -0.1) is 5.10 Å². The van der Waals surface area contributed by atoms with E-state index in [2.05, 4.69) is 20.5 Å². The average molecular weight is 439 g/mol. The summed E-state index contributed by atoms with van der Waals surface area (Å²) in [5.41, 5.74) is 2.89. The normalized spacial score (nSPS) is 14.4.